The lowest BCUT2D eigenvalue weighted by molar-refractivity contribution is 0.698. The molecule has 16 heavy (non-hydrogen) atoms. The first kappa shape index (κ1) is 11.6. The van der Waals surface area contributed by atoms with Crippen LogP contribution in [0.15, 0.2) is 39.8 Å². The average Bonchev–Trinajstić information content (AvgIpc) is 2.82. The van der Waals surface area contributed by atoms with Gasteiger partial charge in [0.2, 0.25) is 0 Å². The van der Waals surface area contributed by atoms with Gasteiger partial charge in [0.05, 0.1) is 0 Å². The van der Waals surface area contributed by atoms with E-state index in [0.717, 1.165) is 10.8 Å². The third-order valence-corrected chi connectivity index (χ3v) is 4.02. The van der Waals surface area contributed by atoms with Gasteiger partial charge in [0.1, 0.15) is 6.33 Å². The molecule has 0 aliphatic rings. The van der Waals surface area contributed by atoms with Gasteiger partial charge in [-0.2, -0.15) is 4.37 Å². The van der Waals surface area contributed by atoms with Crippen LogP contribution in [0, 0.1) is 0 Å². The van der Waals surface area contributed by atoms with Crippen LogP contribution in [-0.2, 0) is 0 Å². The topological polar surface area (TPSA) is 51.8 Å². The van der Waals surface area contributed by atoms with Crippen LogP contribution in [0.2, 0.25) is 0 Å². The molecule has 0 bridgehead atoms. The molecule has 0 saturated heterocycles. The van der Waals surface area contributed by atoms with Crippen molar-refractivity contribution in [3.8, 4) is 0 Å². The first-order valence-electron chi connectivity index (χ1n) is 5.09. The smallest absolute Gasteiger partial charge is 0.174 e. The van der Waals surface area contributed by atoms with Crippen LogP contribution in [0.25, 0.3) is 0 Å². The van der Waals surface area contributed by atoms with E-state index in [2.05, 4.69) is 40.5 Å². The number of benzene rings is 1. The SMILES string of the molecule is CCC(N)c1ccc(Sc2ncns2)cc1. The highest BCUT2D eigenvalue weighted by Gasteiger charge is 2.04. The maximum absolute atomic E-state index is 5.95. The van der Waals surface area contributed by atoms with Crippen molar-refractivity contribution < 1.29 is 0 Å². The fraction of sp³-hybridized carbons (Fsp3) is 0.273. The van der Waals surface area contributed by atoms with Crippen molar-refractivity contribution in [2.24, 2.45) is 5.73 Å². The third-order valence-electron chi connectivity index (χ3n) is 2.29. The van der Waals surface area contributed by atoms with Crippen LogP contribution in [0.1, 0.15) is 24.9 Å². The van der Waals surface area contributed by atoms with E-state index in [4.69, 9.17) is 5.73 Å². The van der Waals surface area contributed by atoms with Gasteiger partial charge in [0, 0.05) is 10.9 Å². The number of hydrogen-bond acceptors (Lipinski definition) is 5. The number of nitrogens with two attached hydrogens (primary N) is 1. The molecule has 2 aromatic rings. The molecule has 0 saturated carbocycles. The second-order valence-corrected chi connectivity index (χ2v) is 5.49. The molecule has 1 aromatic carbocycles. The van der Waals surface area contributed by atoms with Gasteiger partial charge in [0.15, 0.2) is 4.34 Å². The van der Waals surface area contributed by atoms with Gasteiger partial charge in [0.25, 0.3) is 0 Å². The monoisotopic (exact) mass is 251 g/mol. The molecule has 0 aliphatic heterocycles. The fourth-order valence-electron chi connectivity index (χ4n) is 1.33. The molecular formula is C11H13N3S2. The number of rotatable bonds is 4. The highest BCUT2D eigenvalue weighted by Crippen LogP contribution is 2.28. The summed E-state index contributed by atoms with van der Waals surface area (Å²) in [6.45, 7) is 2.09. The van der Waals surface area contributed by atoms with Crippen molar-refractivity contribution in [2.45, 2.75) is 28.6 Å². The number of aromatic nitrogens is 2. The number of nitrogens with zero attached hydrogens (tertiary/aromatic N) is 2. The number of hydrogen-bond donors (Lipinski definition) is 1. The summed E-state index contributed by atoms with van der Waals surface area (Å²) in [5.74, 6) is 0. The van der Waals surface area contributed by atoms with E-state index in [9.17, 15) is 0 Å². The Kier molecular flexibility index (Phi) is 3.93. The minimum Gasteiger partial charge on any atom is -0.324 e. The summed E-state index contributed by atoms with van der Waals surface area (Å²) in [6.07, 6.45) is 2.54. The maximum atomic E-state index is 5.95. The first-order chi connectivity index (χ1) is 7.79. The minimum atomic E-state index is 0.139. The molecule has 0 radical (unpaired) electrons. The Balaban J connectivity index is 2.07. The summed E-state index contributed by atoms with van der Waals surface area (Å²) < 4.78 is 4.93. The predicted octanol–water partition coefficient (Wildman–Crippen LogP) is 3.10. The molecule has 1 atom stereocenters. The van der Waals surface area contributed by atoms with Crippen LogP contribution >= 0.6 is 23.3 Å². The summed E-state index contributed by atoms with van der Waals surface area (Å²) >= 11 is 3.04. The molecule has 84 valence electrons. The van der Waals surface area contributed by atoms with Crippen LogP contribution in [0.4, 0.5) is 0 Å². The molecule has 5 heteroatoms. The van der Waals surface area contributed by atoms with E-state index < -0.39 is 0 Å². The second kappa shape index (κ2) is 5.43. The van der Waals surface area contributed by atoms with Gasteiger partial charge >= 0.3 is 0 Å². The molecule has 0 spiro atoms. The summed E-state index contributed by atoms with van der Waals surface area (Å²) in [5, 5.41) is 0. The Hall–Kier alpha value is -0.910. The molecule has 1 heterocycles. The van der Waals surface area contributed by atoms with Crippen molar-refractivity contribution in [3.63, 3.8) is 0 Å². The zero-order valence-corrected chi connectivity index (χ0v) is 10.6. The lowest BCUT2D eigenvalue weighted by Crippen LogP contribution is -2.07. The maximum Gasteiger partial charge on any atom is 0.174 e. The zero-order valence-electron chi connectivity index (χ0n) is 8.96. The lowest BCUT2D eigenvalue weighted by Gasteiger charge is -2.09. The standard InChI is InChI=1S/C11H13N3S2/c1-2-10(12)8-3-5-9(6-4-8)15-11-13-7-14-16-11/h3-7,10H,2,12H2,1H3. The fourth-order valence-corrected chi connectivity index (χ4v) is 2.75. The van der Waals surface area contributed by atoms with Crippen LogP contribution in [0.3, 0.4) is 0 Å². The van der Waals surface area contributed by atoms with Gasteiger partial charge in [-0.15, -0.1) is 0 Å². The van der Waals surface area contributed by atoms with E-state index in [-0.39, 0.29) is 6.04 Å². The highest BCUT2D eigenvalue weighted by molar-refractivity contribution is 8.01. The van der Waals surface area contributed by atoms with Crippen LogP contribution in [-0.4, -0.2) is 9.36 Å². The van der Waals surface area contributed by atoms with Gasteiger partial charge in [-0.3, -0.25) is 0 Å². The van der Waals surface area contributed by atoms with E-state index >= 15 is 0 Å². The largest absolute Gasteiger partial charge is 0.324 e. The van der Waals surface area contributed by atoms with Gasteiger partial charge in [-0.05, 0) is 35.6 Å². The second-order valence-electron chi connectivity index (χ2n) is 3.39. The zero-order chi connectivity index (χ0) is 11.4. The summed E-state index contributed by atoms with van der Waals surface area (Å²) in [6, 6.07) is 8.46. The van der Waals surface area contributed by atoms with Crippen molar-refractivity contribution in [3.05, 3.63) is 36.2 Å². The van der Waals surface area contributed by atoms with Crippen molar-refractivity contribution in [2.75, 3.05) is 0 Å². The van der Waals surface area contributed by atoms with Crippen molar-refractivity contribution in [1.82, 2.24) is 9.36 Å². The van der Waals surface area contributed by atoms with E-state index in [1.165, 1.54) is 22.0 Å². The minimum absolute atomic E-state index is 0.139. The molecule has 1 unspecified atom stereocenters. The molecule has 0 aliphatic carbocycles. The lowest BCUT2D eigenvalue weighted by atomic mass is 10.1. The molecule has 0 amide bonds. The Morgan fingerprint density at radius 2 is 2.12 bits per heavy atom. The molecule has 2 N–H and O–H groups in total. The highest BCUT2D eigenvalue weighted by atomic mass is 32.2. The van der Waals surface area contributed by atoms with Crippen molar-refractivity contribution in [1.29, 1.82) is 0 Å². The summed E-state index contributed by atoms with van der Waals surface area (Å²) in [4.78, 5) is 5.30. The quantitative estimate of drug-likeness (QED) is 0.907. The molecule has 1 aromatic heterocycles. The first-order valence-corrected chi connectivity index (χ1v) is 6.68. The van der Waals surface area contributed by atoms with Gasteiger partial charge in [-0.1, -0.05) is 30.8 Å². The summed E-state index contributed by atoms with van der Waals surface area (Å²) in [5.41, 5.74) is 7.14. The third kappa shape index (κ3) is 2.81. The Bertz CT molecular complexity index is 425. The van der Waals surface area contributed by atoms with Crippen LogP contribution in [0.5, 0.6) is 0 Å². The Morgan fingerprint density at radius 1 is 1.38 bits per heavy atom. The van der Waals surface area contributed by atoms with Crippen LogP contribution < -0.4 is 5.73 Å². The molecule has 3 nitrogen and oxygen atoms in total. The average molecular weight is 251 g/mol. The molecule has 0 fully saturated rings. The normalized spacial score (nSPS) is 12.6. The predicted molar refractivity (Wildman–Crippen MR) is 67.7 cm³/mol. The van der Waals surface area contributed by atoms with Gasteiger partial charge in [-0.25, -0.2) is 4.98 Å². The van der Waals surface area contributed by atoms with Crippen molar-refractivity contribution >= 4 is 23.3 Å². The molecular weight excluding hydrogens is 238 g/mol. The van der Waals surface area contributed by atoms with E-state index in [0.29, 0.717) is 0 Å². The Morgan fingerprint density at radius 3 is 2.69 bits per heavy atom. The van der Waals surface area contributed by atoms with Gasteiger partial charge < -0.3 is 5.73 Å². The summed E-state index contributed by atoms with van der Waals surface area (Å²) in [7, 11) is 0. The Labute approximate surface area is 103 Å². The van der Waals surface area contributed by atoms with E-state index in [1.807, 2.05) is 0 Å². The molecule has 2 rings (SSSR count). The van der Waals surface area contributed by atoms with E-state index in [1.54, 1.807) is 18.1 Å².